The van der Waals surface area contributed by atoms with Crippen molar-refractivity contribution in [3.8, 4) is 0 Å². The molecule has 0 amide bonds. The summed E-state index contributed by atoms with van der Waals surface area (Å²) in [5, 5.41) is 3.64. The fourth-order valence-electron chi connectivity index (χ4n) is 1.78. The first kappa shape index (κ1) is 14.2. The Morgan fingerprint density at radius 1 is 1.40 bits per heavy atom. The number of rotatable bonds is 2. The molecule has 15 heavy (non-hydrogen) atoms. The predicted octanol–water partition coefficient (Wildman–Crippen LogP) is 0.480. The van der Waals surface area contributed by atoms with Gasteiger partial charge < -0.3 is 16.2 Å². The normalized spacial score (nSPS) is 19.3. The molecule has 0 spiro atoms. The second-order valence-electron chi connectivity index (χ2n) is 3.37. The number of hydrazine groups is 1. The average Bonchev–Trinajstić information content (AvgIpc) is 2.34. The first-order chi connectivity index (χ1) is 7.31. The van der Waals surface area contributed by atoms with Gasteiger partial charge in [0.2, 0.25) is 0 Å². The van der Waals surface area contributed by atoms with Crippen molar-refractivity contribution in [2.24, 2.45) is 22.7 Å². The Bertz CT molecular complexity index is 173. The lowest BCUT2D eigenvalue weighted by molar-refractivity contribution is 0.218. The van der Waals surface area contributed by atoms with Crippen molar-refractivity contribution in [3.05, 3.63) is 0 Å². The van der Waals surface area contributed by atoms with Gasteiger partial charge in [0.05, 0.1) is 0 Å². The van der Waals surface area contributed by atoms with Crippen LogP contribution in [0.25, 0.3) is 0 Å². The molecule has 0 saturated carbocycles. The zero-order valence-electron chi connectivity index (χ0n) is 10.2. The van der Waals surface area contributed by atoms with Crippen molar-refractivity contribution >= 4 is 5.84 Å². The monoisotopic (exact) mass is 215 g/mol. The van der Waals surface area contributed by atoms with Crippen LogP contribution in [0.3, 0.4) is 0 Å². The zero-order valence-corrected chi connectivity index (χ0v) is 10.2. The van der Waals surface area contributed by atoms with E-state index in [0.717, 1.165) is 38.3 Å². The molecule has 1 aliphatic rings. The molecule has 0 aromatic heterocycles. The molecule has 0 bridgehead atoms. The van der Waals surface area contributed by atoms with Gasteiger partial charge in [-0.05, 0) is 32.5 Å². The van der Waals surface area contributed by atoms with Crippen LogP contribution in [0, 0.1) is 5.92 Å². The van der Waals surface area contributed by atoms with E-state index >= 15 is 0 Å². The van der Waals surface area contributed by atoms with E-state index in [1.165, 1.54) is 0 Å². The van der Waals surface area contributed by atoms with Gasteiger partial charge in [-0.2, -0.15) is 5.10 Å². The summed E-state index contributed by atoms with van der Waals surface area (Å²) in [6, 6.07) is 0. The van der Waals surface area contributed by atoms with Crippen molar-refractivity contribution < 1.29 is 0 Å². The molecule has 90 valence electrons. The quantitative estimate of drug-likeness (QED) is 0.271. The van der Waals surface area contributed by atoms with Crippen molar-refractivity contribution in [1.82, 2.24) is 10.3 Å². The summed E-state index contributed by atoms with van der Waals surface area (Å²) in [5.74, 6) is 11.7. The Hall–Kier alpha value is -0.810. The summed E-state index contributed by atoms with van der Waals surface area (Å²) in [5.41, 5.74) is 2.56. The highest BCUT2D eigenvalue weighted by atomic mass is 15.3. The molecule has 0 radical (unpaired) electrons. The number of hydrogen-bond donors (Lipinski definition) is 3. The van der Waals surface area contributed by atoms with E-state index in [4.69, 9.17) is 11.7 Å². The first-order valence-corrected chi connectivity index (χ1v) is 5.78. The van der Waals surface area contributed by atoms with Crippen LogP contribution in [-0.4, -0.2) is 30.4 Å². The average molecular weight is 215 g/mol. The van der Waals surface area contributed by atoms with Gasteiger partial charge in [-0.25, -0.2) is 5.84 Å². The van der Waals surface area contributed by atoms with E-state index < -0.39 is 0 Å². The maximum atomic E-state index is 5.31. The highest BCUT2D eigenvalue weighted by Gasteiger charge is 2.21. The zero-order chi connectivity index (χ0) is 11.7. The lowest BCUT2D eigenvalue weighted by Gasteiger charge is -2.30. The number of amidine groups is 1. The lowest BCUT2D eigenvalue weighted by atomic mass is 9.96. The molecule has 1 rings (SSSR count). The van der Waals surface area contributed by atoms with Crippen LogP contribution in [0.15, 0.2) is 5.10 Å². The lowest BCUT2D eigenvalue weighted by Crippen LogP contribution is -2.43. The fourth-order valence-corrected chi connectivity index (χ4v) is 1.78. The fraction of sp³-hybridized carbons (Fsp3) is 0.900. The number of hydrazone groups is 1. The van der Waals surface area contributed by atoms with E-state index in [-0.39, 0.29) is 0 Å². The Morgan fingerprint density at radius 2 is 1.93 bits per heavy atom. The number of nitrogens with zero attached hydrogens (tertiary/aromatic N) is 2. The van der Waals surface area contributed by atoms with Crippen LogP contribution in [-0.2, 0) is 0 Å². The van der Waals surface area contributed by atoms with Gasteiger partial charge in [-0.15, -0.1) is 0 Å². The van der Waals surface area contributed by atoms with Gasteiger partial charge in [0.1, 0.15) is 5.84 Å². The highest BCUT2D eigenvalue weighted by Crippen LogP contribution is 2.16. The van der Waals surface area contributed by atoms with Crippen LogP contribution in [0.5, 0.6) is 0 Å². The molecule has 0 atom stereocenters. The number of piperidine rings is 1. The van der Waals surface area contributed by atoms with E-state index in [0.29, 0.717) is 5.92 Å². The van der Waals surface area contributed by atoms with Crippen LogP contribution >= 0.6 is 0 Å². The summed E-state index contributed by atoms with van der Waals surface area (Å²) in [7, 11) is 0. The van der Waals surface area contributed by atoms with Crippen LogP contribution in [0.1, 0.15) is 33.6 Å². The van der Waals surface area contributed by atoms with Gasteiger partial charge in [-0.1, -0.05) is 20.8 Å². The molecule has 1 heterocycles. The third-order valence-corrected chi connectivity index (χ3v) is 2.71. The van der Waals surface area contributed by atoms with Crippen molar-refractivity contribution in [1.29, 1.82) is 0 Å². The van der Waals surface area contributed by atoms with Gasteiger partial charge in [0.15, 0.2) is 0 Å². The first-order valence-electron chi connectivity index (χ1n) is 5.78. The minimum atomic E-state index is 0.415. The van der Waals surface area contributed by atoms with Gasteiger partial charge in [-0.3, -0.25) is 0 Å². The van der Waals surface area contributed by atoms with Crippen LogP contribution < -0.4 is 17.1 Å². The van der Waals surface area contributed by atoms with Crippen molar-refractivity contribution in [2.75, 3.05) is 19.6 Å². The SMILES string of the molecule is CC.CCN1CCC(/C(=N/N)NN)CC1. The van der Waals surface area contributed by atoms with Gasteiger partial charge >= 0.3 is 0 Å². The third kappa shape index (κ3) is 4.48. The van der Waals surface area contributed by atoms with E-state index in [9.17, 15) is 0 Å². The van der Waals surface area contributed by atoms with Gasteiger partial charge in [0.25, 0.3) is 0 Å². The van der Waals surface area contributed by atoms with E-state index in [1.807, 2.05) is 13.8 Å². The summed E-state index contributed by atoms with van der Waals surface area (Å²) >= 11 is 0. The number of hydrogen-bond acceptors (Lipinski definition) is 4. The molecule has 5 heteroatoms. The minimum Gasteiger partial charge on any atom is -0.322 e. The van der Waals surface area contributed by atoms with Crippen LogP contribution in [0.4, 0.5) is 0 Å². The van der Waals surface area contributed by atoms with Crippen molar-refractivity contribution in [3.63, 3.8) is 0 Å². The molecule has 0 unspecified atom stereocenters. The van der Waals surface area contributed by atoms with Crippen molar-refractivity contribution in [2.45, 2.75) is 33.6 Å². The Labute approximate surface area is 92.8 Å². The third-order valence-electron chi connectivity index (χ3n) is 2.71. The largest absolute Gasteiger partial charge is 0.322 e. The molecule has 0 aromatic carbocycles. The molecule has 1 aliphatic heterocycles. The Morgan fingerprint density at radius 3 is 2.27 bits per heavy atom. The topological polar surface area (TPSA) is 79.7 Å². The second kappa shape index (κ2) is 8.49. The summed E-state index contributed by atoms with van der Waals surface area (Å²) < 4.78 is 0. The standard InChI is InChI=1S/C8H19N5.C2H6/c1-2-13-5-3-7(4-6-13)8(11-9)12-10;1-2/h7H,2-6,9-10H2,1H3,(H,11,12);1-2H3. The molecule has 1 fully saturated rings. The van der Waals surface area contributed by atoms with Crippen LogP contribution in [0.2, 0.25) is 0 Å². The summed E-state index contributed by atoms with van der Waals surface area (Å²) in [6.07, 6.45) is 2.18. The summed E-state index contributed by atoms with van der Waals surface area (Å²) in [4.78, 5) is 2.42. The molecular weight excluding hydrogens is 190 g/mol. The molecule has 0 aromatic rings. The molecule has 0 aliphatic carbocycles. The van der Waals surface area contributed by atoms with E-state index in [1.54, 1.807) is 0 Å². The maximum Gasteiger partial charge on any atom is 0.139 e. The number of nitrogens with one attached hydrogen (secondary N) is 1. The van der Waals surface area contributed by atoms with Gasteiger partial charge in [0, 0.05) is 5.92 Å². The molecule has 5 N–H and O–H groups in total. The summed E-state index contributed by atoms with van der Waals surface area (Å²) in [6.45, 7) is 9.53. The minimum absolute atomic E-state index is 0.415. The Kier molecular flexibility index (Phi) is 8.04. The maximum absolute atomic E-state index is 5.31. The molecular formula is C10H25N5. The molecule has 5 nitrogen and oxygen atoms in total. The highest BCUT2D eigenvalue weighted by molar-refractivity contribution is 5.83. The number of nitrogens with two attached hydrogens (primary N) is 2. The smallest absolute Gasteiger partial charge is 0.139 e. The number of likely N-dealkylation sites (tertiary alicyclic amines) is 1. The van der Waals surface area contributed by atoms with E-state index in [2.05, 4.69) is 22.4 Å². The predicted molar refractivity (Wildman–Crippen MR) is 65.1 cm³/mol. The molecule has 1 saturated heterocycles. The Balaban J connectivity index is 0.000000921. The second-order valence-corrected chi connectivity index (χ2v) is 3.37.